The summed E-state index contributed by atoms with van der Waals surface area (Å²) < 4.78 is 12.9. The summed E-state index contributed by atoms with van der Waals surface area (Å²) in [5.74, 6) is -1.82. The van der Waals surface area contributed by atoms with Crippen molar-refractivity contribution < 1.29 is 19.1 Å². The van der Waals surface area contributed by atoms with E-state index in [-0.39, 0.29) is 23.1 Å². The Hall–Kier alpha value is -1.91. The van der Waals surface area contributed by atoms with Crippen molar-refractivity contribution in [2.24, 2.45) is 11.8 Å². The van der Waals surface area contributed by atoms with E-state index in [1.807, 2.05) is 6.92 Å². The zero-order valence-corrected chi connectivity index (χ0v) is 9.24. The number of rotatable bonds is 3. The summed E-state index contributed by atoms with van der Waals surface area (Å²) in [4.78, 5) is 22.5. The predicted molar refractivity (Wildman–Crippen MR) is 59.3 cm³/mol. The molecule has 0 spiro atoms. The molecule has 0 aliphatic heterocycles. The van der Waals surface area contributed by atoms with Crippen molar-refractivity contribution in [2.45, 2.75) is 13.3 Å². The normalized spacial score (nSPS) is 22.0. The van der Waals surface area contributed by atoms with Crippen LogP contribution in [0.1, 0.15) is 23.7 Å². The van der Waals surface area contributed by atoms with E-state index in [2.05, 4.69) is 5.32 Å². The van der Waals surface area contributed by atoms with Gasteiger partial charge in [0.1, 0.15) is 5.82 Å². The second kappa shape index (κ2) is 4.16. The monoisotopic (exact) mass is 237 g/mol. The van der Waals surface area contributed by atoms with Gasteiger partial charge in [0.25, 0.3) is 0 Å². The number of carboxylic acid groups (broad SMARTS) is 1. The number of nitrogens with one attached hydrogen (secondary N) is 1. The molecule has 90 valence electrons. The number of anilines is 1. The van der Waals surface area contributed by atoms with E-state index in [1.165, 1.54) is 6.07 Å². The Bertz CT molecular complexity index is 487. The van der Waals surface area contributed by atoms with Gasteiger partial charge in [0.05, 0.1) is 11.3 Å². The number of amides is 1. The number of carboxylic acids is 1. The number of hydrogen-bond donors (Lipinski definition) is 2. The van der Waals surface area contributed by atoms with Gasteiger partial charge in [0.2, 0.25) is 5.91 Å². The van der Waals surface area contributed by atoms with E-state index in [9.17, 15) is 14.0 Å². The molecule has 0 unspecified atom stereocenters. The lowest BCUT2D eigenvalue weighted by molar-refractivity contribution is -0.117. The molecule has 1 aliphatic carbocycles. The fraction of sp³-hybridized carbons (Fsp3) is 0.333. The van der Waals surface area contributed by atoms with Gasteiger partial charge in [-0.05, 0) is 30.5 Å². The molecule has 0 aromatic heterocycles. The Morgan fingerprint density at radius 3 is 2.65 bits per heavy atom. The van der Waals surface area contributed by atoms with Gasteiger partial charge >= 0.3 is 5.97 Å². The molecule has 1 aromatic carbocycles. The fourth-order valence-corrected chi connectivity index (χ4v) is 1.72. The van der Waals surface area contributed by atoms with Crippen molar-refractivity contribution in [3.05, 3.63) is 29.6 Å². The van der Waals surface area contributed by atoms with Crippen LogP contribution >= 0.6 is 0 Å². The van der Waals surface area contributed by atoms with Crippen LogP contribution in [0, 0.1) is 17.7 Å². The van der Waals surface area contributed by atoms with Gasteiger partial charge < -0.3 is 10.4 Å². The van der Waals surface area contributed by atoms with Crippen molar-refractivity contribution in [2.75, 3.05) is 5.32 Å². The Morgan fingerprint density at radius 2 is 2.12 bits per heavy atom. The van der Waals surface area contributed by atoms with Crippen molar-refractivity contribution in [3.63, 3.8) is 0 Å². The highest BCUT2D eigenvalue weighted by molar-refractivity contribution is 6.01. The first-order valence-electron chi connectivity index (χ1n) is 5.32. The molecular formula is C12H12FNO3. The summed E-state index contributed by atoms with van der Waals surface area (Å²) in [7, 11) is 0. The molecule has 17 heavy (non-hydrogen) atoms. The van der Waals surface area contributed by atoms with E-state index in [4.69, 9.17) is 5.11 Å². The van der Waals surface area contributed by atoms with E-state index in [0.717, 1.165) is 18.6 Å². The Kier molecular flexibility index (Phi) is 2.83. The third-order valence-corrected chi connectivity index (χ3v) is 2.92. The van der Waals surface area contributed by atoms with E-state index in [1.54, 1.807) is 0 Å². The molecule has 1 saturated carbocycles. The number of carbonyl (C=O) groups is 2. The summed E-state index contributed by atoms with van der Waals surface area (Å²) in [6.45, 7) is 1.95. The first kappa shape index (κ1) is 11.6. The maximum Gasteiger partial charge on any atom is 0.337 e. The molecule has 0 heterocycles. The van der Waals surface area contributed by atoms with Crippen LogP contribution in [-0.2, 0) is 4.79 Å². The third-order valence-electron chi connectivity index (χ3n) is 2.92. The van der Waals surface area contributed by atoms with Crippen LogP contribution in [0.2, 0.25) is 0 Å². The van der Waals surface area contributed by atoms with Crippen LogP contribution < -0.4 is 5.32 Å². The van der Waals surface area contributed by atoms with Crippen LogP contribution in [-0.4, -0.2) is 17.0 Å². The van der Waals surface area contributed by atoms with Gasteiger partial charge in [0.15, 0.2) is 0 Å². The Morgan fingerprint density at radius 1 is 1.47 bits per heavy atom. The van der Waals surface area contributed by atoms with Crippen LogP contribution in [0.3, 0.4) is 0 Å². The summed E-state index contributed by atoms with van der Waals surface area (Å²) in [6.07, 6.45) is 0.815. The number of aromatic carboxylic acids is 1. The van der Waals surface area contributed by atoms with Crippen molar-refractivity contribution >= 4 is 17.6 Å². The van der Waals surface area contributed by atoms with Crippen molar-refractivity contribution in [3.8, 4) is 0 Å². The molecule has 1 fully saturated rings. The molecule has 1 amide bonds. The topological polar surface area (TPSA) is 66.4 Å². The molecule has 4 nitrogen and oxygen atoms in total. The summed E-state index contributed by atoms with van der Waals surface area (Å²) in [6, 6.07) is 3.29. The van der Waals surface area contributed by atoms with Crippen LogP contribution in [0.4, 0.5) is 10.1 Å². The van der Waals surface area contributed by atoms with Gasteiger partial charge in [0, 0.05) is 5.92 Å². The average Bonchev–Trinajstić information content (AvgIpc) is 2.98. The van der Waals surface area contributed by atoms with Crippen LogP contribution in [0.25, 0.3) is 0 Å². The van der Waals surface area contributed by atoms with Crippen LogP contribution in [0.5, 0.6) is 0 Å². The predicted octanol–water partition coefficient (Wildman–Crippen LogP) is 2.12. The molecule has 0 saturated heterocycles. The quantitative estimate of drug-likeness (QED) is 0.846. The maximum atomic E-state index is 12.9. The van der Waals surface area contributed by atoms with Gasteiger partial charge in [-0.25, -0.2) is 9.18 Å². The number of halogens is 1. The molecular weight excluding hydrogens is 225 g/mol. The average molecular weight is 237 g/mol. The van der Waals surface area contributed by atoms with Gasteiger partial charge in [-0.3, -0.25) is 4.79 Å². The maximum absolute atomic E-state index is 12.9. The molecule has 0 radical (unpaired) electrons. The molecule has 2 N–H and O–H groups in total. The van der Waals surface area contributed by atoms with E-state index in [0.29, 0.717) is 5.92 Å². The zero-order valence-electron chi connectivity index (χ0n) is 9.24. The lowest BCUT2D eigenvalue weighted by atomic mass is 10.1. The smallest absolute Gasteiger partial charge is 0.337 e. The minimum atomic E-state index is -1.26. The zero-order chi connectivity index (χ0) is 12.6. The largest absolute Gasteiger partial charge is 0.478 e. The number of carbonyl (C=O) groups excluding carboxylic acids is 1. The lowest BCUT2D eigenvalue weighted by Crippen LogP contribution is -2.17. The number of hydrogen-bond acceptors (Lipinski definition) is 2. The first-order chi connectivity index (χ1) is 7.99. The molecule has 2 rings (SSSR count). The summed E-state index contributed by atoms with van der Waals surface area (Å²) in [5.41, 5.74) is -0.0883. The van der Waals surface area contributed by atoms with Crippen molar-refractivity contribution in [1.29, 1.82) is 0 Å². The summed E-state index contributed by atoms with van der Waals surface area (Å²) in [5, 5.41) is 11.4. The third kappa shape index (κ3) is 2.43. The fourth-order valence-electron chi connectivity index (χ4n) is 1.72. The Labute approximate surface area is 97.4 Å². The number of benzene rings is 1. The highest BCUT2D eigenvalue weighted by Gasteiger charge is 2.39. The minimum Gasteiger partial charge on any atom is -0.478 e. The van der Waals surface area contributed by atoms with Gasteiger partial charge in [-0.1, -0.05) is 6.92 Å². The lowest BCUT2D eigenvalue weighted by Gasteiger charge is -2.08. The highest BCUT2D eigenvalue weighted by atomic mass is 19.1. The first-order valence-corrected chi connectivity index (χ1v) is 5.32. The highest BCUT2D eigenvalue weighted by Crippen LogP contribution is 2.38. The van der Waals surface area contributed by atoms with Crippen molar-refractivity contribution in [1.82, 2.24) is 0 Å². The SMILES string of the molecule is C[C@H]1C[C@H]1C(=O)Nc1ccc(F)cc1C(=O)O. The molecule has 2 atom stereocenters. The standard InChI is InChI=1S/C12H12FNO3/c1-6-4-8(6)11(15)14-10-3-2-7(13)5-9(10)12(16)17/h2-3,5-6,8H,4H2,1H3,(H,14,15)(H,16,17)/t6-,8+/m0/s1. The second-order valence-electron chi connectivity index (χ2n) is 4.30. The van der Waals surface area contributed by atoms with Gasteiger partial charge in [-0.2, -0.15) is 0 Å². The molecule has 5 heteroatoms. The van der Waals surface area contributed by atoms with Gasteiger partial charge in [-0.15, -0.1) is 0 Å². The molecule has 0 bridgehead atoms. The molecule has 1 aliphatic rings. The van der Waals surface area contributed by atoms with E-state index >= 15 is 0 Å². The van der Waals surface area contributed by atoms with E-state index < -0.39 is 11.8 Å². The minimum absolute atomic E-state index is 0.0540. The molecule has 1 aromatic rings. The van der Waals surface area contributed by atoms with Crippen LogP contribution in [0.15, 0.2) is 18.2 Å². The Balaban J connectivity index is 2.20. The summed E-state index contributed by atoms with van der Waals surface area (Å²) >= 11 is 0. The second-order valence-corrected chi connectivity index (χ2v) is 4.30.